The van der Waals surface area contributed by atoms with Crippen LogP contribution in [-0.4, -0.2) is 23.1 Å². The zero-order chi connectivity index (χ0) is 9.84. The van der Waals surface area contributed by atoms with Crippen LogP contribution in [0.5, 0.6) is 5.75 Å². The van der Waals surface area contributed by atoms with Gasteiger partial charge in [0.25, 0.3) is 0 Å². The number of phenols is 1. The monoisotopic (exact) mass is 199 g/mol. The number of phenolic OH excluding ortho intramolecular Hbond substituents is 1. The van der Waals surface area contributed by atoms with Crippen molar-refractivity contribution < 1.29 is 10.2 Å². The molecule has 0 amide bonds. The lowest BCUT2D eigenvalue weighted by Gasteiger charge is -2.13. The molecule has 0 aliphatic rings. The molecule has 4 N–H and O–H groups in total. The molecule has 0 bridgehead atoms. The number of aliphatic hydroxyl groups is 1. The first-order valence-electron chi connectivity index (χ1n) is 3.93. The molecule has 0 heterocycles. The zero-order valence-electron chi connectivity index (χ0n) is 7.40. The molecule has 0 saturated carbocycles. The Morgan fingerprint density at radius 1 is 1.54 bits per heavy atom. The summed E-state index contributed by atoms with van der Waals surface area (Å²) in [6.45, 7) is -0.114. The standard InChI is InChI=1S/C9H13NO2S/c1-13-9-6(7(10)5-11)3-2-4-8(9)12/h2-4,7,11-12H,5,10H2,1H3. The lowest BCUT2D eigenvalue weighted by atomic mass is 10.1. The van der Waals surface area contributed by atoms with Gasteiger partial charge in [-0.3, -0.25) is 0 Å². The summed E-state index contributed by atoms with van der Waals surface area (Å²) in [6, 6.07) is 4.72. The number of hydrogen-bond acceptors (Lipinski definition) is 4. The van der Waals surface area contributed by atoms with Crippen molar-refractivity contribution in [1.82, 2.24) is 0 Å². The Hall–Kier alpha value is -0.710. The van der Waals surface area contributed by atoms with Gasteiger partial charge in [-0.05, 0) is 17.9 Å². The van der Waals surface area contributed by atoms with E-state index in [-0.39, 0.29) is 12.4 Å². The minimum Gasteiger partial charge on any atom is -0.507 e. The van der Waals surface area contributed by atoms with Gasteiger partial charge < -0.3 is 15.9 Å². The van der Waals surface area contributed by atoms with E-state index in [9.17, 15) is 5.11 Å². The number of nitrogens with two attached hydrogens (primary N) is 1. The molecule has 1 atom stereocenters. The Morgan fingerprint density at radius 3 is 2.77 bits per heavy atom. The second-order valence-corrected chi connectivity index (χ2v) is 3.51. The fraction of sp³-hybridized carbons (Fsp3) is 0.333. The maximum Gasteiger partial charge on any atom is 0.129 e. The van der Waals surface area contributed by atoms with Crippen LogP contribution >= 0.6 is 11.8 Å². The van der Waals surface area contributed by atoms with E-state index in [4.69, 9.17) is 10.8 Å². The summed E-state index contributed by atoms with van der Waals surface area (Å²) >= 11 is 1.42. The molecular formula is C9H13NO2S. The van der Waals surface area contributed by atoms with E-state index in [0.29, 0.717) is 0 Å². The van der Waals surface area contributed by atoms with Crippen LogP contribution in [0.3, 0.4) is 0 Å². The van der Waals surface area contributed by atoms with Crippen LogP contribution < -0.4 is 5.73 Å². The first kappa shape index (κ1) is 10.4. The molecule has 4 heteroatoms. The van der Waals surface area contributed by atoms with Crippen molar-refractivity contribution in [2.75, 3.05) is 12.9 Å². The topological polar surface area (TPSA) is 66.5 Å². The van der Waals surface area contributed by atoms with Crippen LogP contribution in [0.15, 0.2) is 23.1 Å². The molecule has 1 rings (SSSR count). The minimum absolute atomic E-state index is 0.114. The third-order valence-electron chi connectivity index (χ3n) is 1.82. The number of hydrogen-bond donors (Lipinski definition) is 3. The number of rotatable bonds is 3. The van der Waals surface area contributed by atoms with Crippen molar-refractivity contribution in [2.24, 2.45) is 5.73 Å². The van der Waals surface area contributed by atoms with Gasteiger partial charge in [0.05, 0.1) is 17.5 Å². The van der Waals surface area contributed by atoms with Gasteiger partial charge >= 0.3 is 0 Å². The van der Waals surface area contributed by atoms with Gasteiger partial charge in [-0.2, -0.15) is 0 Å². The van der Waals surface area contributed by atoms with E-state index >= 15 is 0 Å². The maximum atomic E-state index is 9.48. The van der Waals surface area contributed by atoms with Crippen molar-refractivity contribution in [3.8, 4) is 5.75 Å². The Bertz CT molecular complexity index is 291. The molecule has 1 aromatic rings. The van der Waals surface area contributed by atoms with Crippen molar-refractivity contribution in [3.63, 3.8) is 0 Å². The molecule has 3 nitrogen and oxygen atoms in total. The lowest BCUT2D eigenvalue weighted by Crippen LogP contribution is -2.15. The molecule has 0 fully saturated rings. The molecule has 0 aliphatic heterocycles. The minimum atomic E-state index is -0.422. The van der Waals surface area contributed by atoms with Crippen molar-refractivity contribution in [3.05, 3.63) is 23.8 Å². The van der Waals surface area contributed by atoms with Gasteiger partial charge in [0.15, 0.2) is 0 Å². The number of aliphatic hydroxyl groups excluding tert-OH is 1. The van der Waals surface area contributed by atoms with E-state index in [2.05, 4.69) is 0 Å². The van der Waals surface area contributed by atoms with E-state index in [0.717, 1.165) is 10.5 Å². The number of thioether (sulfide) groups is 1. The molecular weight excluding hydrogens is 186 g/mol. The summed E-state index contributed by atoms with van der Waals surface area (Å²) in [4.78, 5) is 0.740. The first-order valence-corrected chi connectivity index (χ1v) is 5.15. The molecule has 0 saturated heterocycles. The third-order valence-corrected chi connectivity index (χ3v) is 2.68. The van der Waals surface area contributed by atoms with Gasteiger partial charge in [0.1, 0.15) is 5.75 Å². The first-order chi connectivity index (χ1) is 6.20. The van der Waals surface area contributed by atoms with Gasteiger partial charge in [-0.25, -0.2) is 0 Å². The van der Waals surface area contributed by atoms with Gasteiger partial charge in [-0.1, -0.05) is 12.1 Å². The van der Waals surface area contributed by atoms with E-state index < -0.39 is 6.04 Å². The smallest absolute Gasteiger partial charge is 0.129 e. The predicted molar refractivity (Wildman–Crippen MR) is 53.9 cm³/mol. The second kappa shape index (κ2) is 4.50. The van der Waals surface area contributed by atoms with Crippen LogP contribution in [0.2, 0.25) is 0 Å². The van der Waals surface area contributed by atoms with Gasteiger partial charge in [-0.15, -0.1) is 11.8 Å². The Balaban J connectivity index is 3.12. The third kappa shape index (κ3) is 2.15. The van der Waals surface area contributed by atoms with Gasteiger partial charge in [0, 0.05) is 0 Å². The van der Waals surface area contributed by atoms with E-state index in [1.165, 1.54) is 11.8 Å². The molecule has 0 radical (unpaired) electrons. The van der Waals surface area contributed by atoms with Gasteiger partial charge in [0.2, 0.25) is 0 Å². The highest BCUT2D eigenvalue weighted by atomic mass is 32.2. The fourth-order valence-corrected chi connectivity index (χ4v) is 1.89. The Morgan fingerprint density at radius 2 is 2.23 bits per heavy atom. The summed E-state index contributed by atoms with van der Waals surface area (Å²) in [5, 5.41) is 18.4. The second-order valence-electron chi connectivity index (χ2n) is 2.69. The molecule has 0 spiro atoms. The highest BCUT2D eigenvalue weighted by Gasteiger charge is 2.12. The average Bonchev–Trinajstić information content (AvgIpc) is 2.16. The fourth-order valence-electron chi connectivity index (χ4n) is 1.15. The van der Waals surface area contributed by atoms with Crippen molar-refractivity contribution in [1.29, 1.82) is 0 Å². The Labute approximate surface area is 81.6 Å². The normalized spacial score (nSPS) is 12.8. The summed E-state index contributed by atoms with van der Waals surface area (Å²) in [5.74, 6) is 0.217. The molecule has 0 aliphatic carbocycles. The molecule has 1 aromatic carbocycles. The van der Waals surface area contributed by atoms with Crippen LogP contribution in [-0.2, 0) is 0 Å². The van der Waals surface area contributed by atoms with Crippen molar-refractivity contribution >= 4 is 11.8 Å². The summed E-state index contributed by atoms with van der Waals surface area (Å²) in [7, 11) is 0. The SMILES string of the molecule is CSc1c(O)cccc1C(N)CO. The highest BCUT2D eigenvalue weighted by molar-refractivity contribution is 7.98. The largest absolute Gasteiger partial charge is 0.507 e. The predicted octanol–water partition coefficient (Wildman–Crippen LogP) is 1.11. The lowest BCUT2D eigenvalue weighted by molar-refractivity contribution is 0.266. The molecule has 0 aromatic heterocycles. The average molecular weight is 199 g/mol. The summed E-state index contributed by atoms with van der Waals surface area (Å²) in [5.41, 5.74) is 6.45. The molecule has 13 heavy (non-hydrogen) atoms. The Kier molecular flexibility index (Phi) is 3.59. The summed E-state index contributed by atoms with van der Waals surface area (Å²) < 4.78 is 0. The van der Waals surface area contributed by atoms with E-state index in [1.54, 1.807) is 12.1 Å². The van der Waals surface area contributed by atoms with E-state index in [1.807, 2.05) is 12.3 Å². The van der Waals surface area contributed by atoms with Crippen LogP contribution in [0.4, 0.5) is 0 Å². The highest BCUT2D eigenvalue weighted by Crippen LogP contribution is 2.32. The maximum absolute atomic E-state index is 9.48. The van der Waals surface area contributed by atoms with Crippen LogP contribution in [0, 0.1) is 0 Å². The molecule has 1 unspecified atom stereocenters. The van der Waals surface area contributed by atoms with Crippen LogP contribution in [0.1, 0.15) is 11.6 Å². The summed E-state index contributed by atoms with van der Waals surface area (Å²) in [6.07, 6.45) is 1.86. The van der Waals surface area contributed by atoms with Crippen molar-refractivity contribution in [2.45, 2.75) is 10.9 Å². The number of benzene rings is 1. The zero-order valence-corrected chi connectivity index (χ0v) is 8.21. The van der Waals surface area contributed by atoms with Crippen LogP contribution in [0.25, 0.3) is 0 Å². The quantitative estimate of drug-likeness (QED) is 0.638. The molecule has 72 valence electrons. The number of aromatic hydroxyl groups is 1.